The van der Waals surface area contributed by atoms with Crippen LogP contribution in [0.1, 0.15) is 0 Å². The number of thioether (sulfide) groups is 2. The maximum absolute atomic E-state index is 11.7. The molecule has 2 rings (SSSR count). The van der Waals surface area contributed by atoms with Crippen LogP contribution in [0, 0.1) is 0 Å². The summed E-state index contributed by atoms with van der Waals surface area (Å²) < 4.78 is 0. The summed E-state index contributed by atoms with van der Waals surface area (Å²) in [5.74, 6) is 2.45. The smallest absolute Gasteiger partial charge is 0.186 e. The number of carbonyl (C=O) groups is 1. The van der Waals surface area contributed by atoms with Gasteiger partial charge in [-0.25, -0.2) is 0 Å². The van der Waals surface area contributed by atoms with Crippen molar-refractivity contribution in [2.24, 2.45) is 0 Å². The fourth-order valence-electron chi connectivity index (χ4n) is 1.35. The second-order valence-electron chi connectivity index (χ2n) is 2.81. The summed E-state index contributed by atoms with van der Waals surface area (Å²) in [7, 11) is 0. The van der Waals surface area contributed by atoms with E-state index in [9.17, 15) is 4.79 Å². The zero-order chi connectivity index (χ0) is 8.39. The standard InChI is InChI=1S/C7H12N2OS2.Fe/c10-5(6-8-1-3-11-6)7-9-2-4-12-7;/h6-9H,1-4H2;. The minimum Gasteiger partial charge on any atom is -0.298 e. The molecule has 0 aromatic heterocycles. The van der Waals surface area contributed by atoms with Crippen molar-refractivity contribution >= 4 is 29.3 Å². The van der Waals surface area contributed by atoms with Gasteiger partial charge in [-0.2, -0.15) is 0 Å². The molecule has 0 saturated carbocycles. The van der Waals surface area contributed by atoms with Gasteiger partial charge in [0, 0.05) is 41.7 Å². The van der Waals surface area contributed by atoms with Gasteiger partial charge in [0.2, 0.25) is 0 Å². The first-order valence-electron chi connectivity index (χ1n) is 4.11. The van der Waals surface area contributed by atoms with Gasteiger partial charge in [0.05, 0.1) is 0 Å². The molecule has 6 heteroatoms. The second kappa shape index (κ2) is 5.63. The normalized spacial score (nSPS) is 32.9. The molecule has 2 heterocycles. The maximum Gasteiger partial charge on any atom is 0.186 e. The molecular formula is C7H12FeN2OS2. The van der Waals surface area contributed by atoms with E-state index >= 15 is 0 Å². The molecule has 0 spiro atoms. The fraction of sp³-hybridized carbons (Fsp3) is 0.857. The van der Waals surface area contributed by atoms with Crippen LogP contribution in [-0.2, 0) is 21.9 Å². The predicted octanol–water partition coefficient (Wildman–Crippen LogP) is -0.122. The van der Waals surface area contributed by atoms with Crippen molar-refractivity contribution in [2.75, 3.05) is 24.6 Å². The SMILES string of the molecule is O=C(C1NCCS1)C1NCCS1.[Fe]. The predicted molar refractivity (Wildman–Crippen MR) is 53.5 cm³/mol. The quantitative estimate of drug-likeness (QED) is 0.677. The van der Waals surface area contributed by atoms with Crippen LogP contribution in [-0.4, -0.2) is 41.1 Å². The van der Waals surface area contributed by atoms with Crippen molar-refractivity contribution < 1.29 is 21.9 Å². The molecule has 0 aromatic carbocycles. The van der Waals surface area contributed by atoms with Crippen molar-refractivity contribution in [1.29, 1.82) is 0 Å². The van der Waals surface area contributed by atoms with Crippen LogP contribution in [0.15, 0.2) is 0 Å². The number of ketones is 1. The number of hydrogen-bond acceptors (Lipinski definition) is 5. The van der Waals surface area contributed by atoms with E-state index in [1.165, 1.54) is 0 Å². The Morgan fingerprint density at radius 1 is 1.08 bits per heavy atom. The molecule has 13 heavy (non-hydrogen) atoms. The Bertz CT molecular complexity index is 163. The van der Waals surface area contributed by atoms with Gasteiger partial charge in [-0.05, 0) is 0 Å². The van der Waals surface area contributed by atoms with Gasteiger partial charge in [0.15, 0.2) is 5.78 Å². The molecule has 0 radical (unpaired) electrons. The van der Waals surface area contributed by atoms with E-state index in [0.29, 0.717) is 5.78 Å². The molecule has 2 N–H and O–H groups in total. The van der Waals surface area contributed by atoms with E-state index in [-0.39, 0.29) is 27.8 Å². The fourth-order valence-corrected chi connectivity index (χ4v) is 3.46. The van der Waals surface area contributed by atoms with Crippen LogP contribution in [0.4, 0.5) is 0 Å². The van der Waals surface area contributed by atoms with Gasteiger partial charge in [0.25, 0.3) is 0 Å². The Kier molecular flexibility index (Phi) is 5.15. The van der Waals surface area contributed by atoms with E-state index in [0.717, 1.165) is 24.6 Å². The summed E-state index contributed by atoms with van der Waals surface area (Å²) in [5, 5.41) is 6.48. The largest absolute Gasteiger partial charge is 0.298 e. The minimum atomic E-state index is 0. The third kappa shape index (κ3) is 2.88. The van der Waals surface area contributed by atoms with Crippen LogP contribution in [0.5, 0.6) is 0 Å². The van der Waals surface area contributed by atoms with E-state index < -0.39 is 0 Å². The van der Waals surface area contributed by atoms with Crippen molar-refractivity contribution in [3.05, 3.63) is 0 Å². The molecule has 2 aliphatic rings. The third-order valence-electron chi connectivity index (χ3n) is 1.95. The summed E-state index contributed by atoms with van der Waals surface area (Å²) in [6.45, 7) is 1.94. The number of carbonyl (C=O) groups excluding carboxylic acids is 1. The number of nitrogens with one attached hydrogen (secondary N) is 2. The zero-order valence-electron chi connectivity index (χ0n) is 7.06. The van der Waals surface area contributed by atoms with Crippen LogP contribution in [0.25, 0.3) is 0 Å². The Morgan fingerprint density at radius 2 is 1.54 bits per heavy atom. The molecule has 3 nitrogen and oxygen atoms in total. The number of rotatable bonds is 2. The van der Waals surface area contributed by atoms with Crippen LogP contribution in [0.3, 0.4) is 0 Å². The third-order valence-corrected chi connectivity index (χ3v) is 4.29. The Balaban J connectivity index is 0.000000845. The van der Waals surface area contributed by atoms with Crippen molar-refractivity contribution in [1.82, 2.24) is 10.6 Å². The van der Waals surface area contributed by atoms with Gasteiger partial charge in [-0.3, -0.25) is 15.4 Å². The Morgan fingerprint density at radius 3 is 1.85 bits per heavy atom. The molecule has 2 saturated heterocycles. The first-order valence-corrected chi connectivity index (χ1v) is 6.21. The molecule has 2 aliphatic heterocycles. The number of Topliss-reactive ketones (excluding diaryl/α,β-unsaturated/α-hetero) is 1. The molecule has 2 atom stereocenters. The summed E-state index contributed by atoms with van der Waals surface area (Å²) in [5.41, 5.74) is 0. The van der Waals surface area contributed by atoms with Gasteiger partial charge in [-0.15, -0.1) is 23.5 Å². The molecule has 0 amide bonds. The monoisotopic (exact) mass is 260 g/mol. The van der Waals surface area contributed by atoms with Gasteiger partial charge in [-0.1, -0.05) is 0 Å². The Labute approximate surface area is 97.0 Å². The van der Waals surface area contributed by atoms with Gasteiger partial charge >= 0.3 is 0 Å². The summed E-state index contributed by atoms with van der Waals surface area (Å²) >= 11 is 3.45. The molecule has 0 aliphatic carbocycles. The van der Waals surface area contributed by atoms with E-state index in [1.54, 1.807) is 23.5 Å². The zero-order valence-corrected chi connectivity index (χ0v) is 9.80. The summed E-state index contributed by atoms with van der Waals surface area (Å²) in [6, 6.07) is 0. The maximum atomic E-state index is 11.7. The topological polar surface area (TPSA) is 41.1 Å². The molecule has 0 aromatic rings. The molecule has 76 valence electrons. The first-order chi connectivity index (χ1) is 5.88. The first kappa shape index (κ1) is 11.9. The van der Waals surface area contributed by atoms with Crippen molar-refractivity contribution in [3.8, 4) is 0 Å². The second-order valence-corrected chi connectivity index (χ2v) is 5.24. The van der Waals surface area contributed by atoms with Crippen molar-refractivity contribution in [3.63, 3.8) is 0 Å². The average molecular weight is 260 g/mol. The minimum absolute atomic E-state index is 0. The van der Waals surface area contributed by atoms with Crippen LogP contribution >= 0.6 is 23.5 Å². The van der Waals surface area contributed by atoms with E-state index in [4.69, 9.17) is 0 Å². The van der Waals surface area contributed by atoms with Crippen LogP contribution < -0.4 is 10.6 Å². The Hall–Kier alpha value is 0.809. The van der Waals surface area contributed by atoms with Crippen LogP contribution in [0.2, 0.25) is 0 Å². The van der Waals surface area contributed by atoms with Crippen molar-refractivity contribution in [2.45, 2.75) is 10.7 Å². The van der Waals surface area contributed by atoms with Gasteiger partial charge in [0.1, 0.15) is 10.7 Å². The molecule has 2 fully saturated rings. The molecule has 0 bridgehead atoms. The molecular weight excluding hydrogens is 248 g/mol. The van der Waals surface area contributed by atoms with E-state index in [1.807, 2.05) is 0 Å². The van der Waals surface area contributed by atoms with E-state index in [2.05, 4.69) is 10.6 Å². The van der Waals surface area contributed by atoms with Gasteiger partial charge < -0.3 is 0 Å². The summed E-state index contributed by atoms with van der Waals surface area (Å²) in [6.07, 6.45) is 0. The molecule has 2 unspecified atom stereocenters. The number of hydrogen-bond donors (Lipinski definition) is 2. The average Bonchev–Trinajstić information content (AvgIpc) is 2.77. The summed E-state index contributed by atoms with van der Waals surface area (Å²) in [4.78, 5) is 11.7.